The van der Waals surface area contributed by atoms with Crippen molar-refractivity contribution in [2.45, 2.75) is 50.7 Å². The second-order valence-electron chi connectivity index (χ2n) is 5.78. The highest BCUT2D eigenvalue weighted by molar-refractivity contribution is 7.91. The lowest BCUT2D eigenvalue weighted by Gasteiger charge is -2.16. The van der Waals surface area contributed by atoms with Gasteiger partial charge >= 0.3 is 6.03 Å². The minimum absolute atomic E-state index is 0.0319. The minimum atomic E-state index is -3.17. The van der Waals surface area contributed by atoms with E-state index in [0.29, 0.717) is 17.7 Å². The summed E-state index contributed by atoms with van der Waals surface area (Å²) in [5.74, 6) is -0.0319. The topological polar surface area (TPSA) is 75.3 Å². The zero-order chi connectivity index (χ0) is 17.5. The van der Waals surface area contributed by atoms with Crippen LogP contribution in [0.3, 0.4) is 0 Å². The molecule has 0 aliphatic carbocycles. The summed E-state index contributed by atoms with van der Waals surface area (Å²) in [6, 6.07) is 6.64. The quantitative estimate of drug-likeness (QED) is 0.713. The monoisotopic (exact) mass is 338 g/mol. The Morgan fingerprint density at radius 3 is 2.61 bits per heavy atom. The Bertz CT molecular complexity index is 639. The van der Waals surface area contributed by atoms with Crippen LogP contribution < -0.4 is 10.6 Å². The highest BCUT2D eigenvalue weighted by Gasteiger charge is 2.17. The second-order valence-corrected chi connectivity index (χ2v) is 8.34. The minimum Gasteiger partial charge on any atom is -0.335 e. The average Bonchev–Trinajstić information content (AvgIpc) is 2.46. The van der Waals surface area contributed by atoms with E-state index in [0.717, 1.165) is 6.42 Å². The van der Waals surface area contributed by atoms with Crippen molar-refractivity contribution < 1.29 is 13.2 Å². The van der Waals surface area contributed by atoms with Gasteiger partial charge in [-0.15, -0.1) is 6.58 Å². The summed E-state index contributed by atoms with van der Waals surface area (Å²) >= 11 is 0. The molecule has 1 rings (SSSR count). The molecule has 0 radical (unpaired) electrons. The van der Waals surface area contributed by atoms with E-state index in [1.165, 1.54) is 0 Å². The number of amides is 2. The van der Waals surface area contributed by atoms with E-state index >= 15 is 0 Å². The fourth-order valence-electron chi connectivity index (χ4n) is 2.02. The Hall–Kier alpha value is -1.82. The van der Waals surface area contributed by atoms with Crippen LogP contribution in [0.25, 0.3) is 0 Å². The summed E-state index contributed by atoms with van der Waals surface area (Å²) in [5.41, 5.74) is 1.24. The van der Waals surface area contributed by atoms with Crippen LogP contribution in [0.15, 0.2) is 36.9 Å². The van der Waals surface area contributed by atoms with Crippen LogP contribution >= 0.6 is 0 Å². The number of urea groups is 1. The molecule has 0 aliphatic heterocycles. The summed E-state index contributed by atoms with van der Waals surface area (Å²) in [4.78, 5) is 12.0. The number of carbonyl (C=O) groups is 1. The summed E-state index contributed by atoms with van der Waals surface area (Å²) in [5, 5.41) is 5.18. The zero-order valence-corrected chi connectivity index (χ0v) is 14.8. The first-order valence-corrected chi connectivity index (χ1v) is 9.49. The Morgan fingerprint density at radius 1 is 1.35 bits per heavy atom. The Kier molecular flexibility index (Phi) is 7.29. The third-order valence-electron chi connectivity index (χ3n) is 3.55. The molecule has 0 saturated heterocycles. The second kappa shape index (κ2) is 8.72. The summed E-state index contributed by atoms with van der Waals surface area (Å²) in [6.07, 6.45) is 3.29. The van der Waals surface area contributed by atoms with Gasteiger partial charge in [-0.2, -0.15) is 0 Å². The van der Waals surface area contributed by atoms with E-state index in [-0.39, 0.29) is 17.8 Å². The molecule has 6 heteroatoms. The van der Waals surface area contributed by atoms with Gasteiger partial charge in [0.15, 0.2) is 9.84 Å². The first-order valence-electron chi connectivity index (χ1n) is 7.77. The maximum Gasteiger partial charge on any atom is 0.319 e. The Labute approximate surface area is 139 Å². The molecule has 128 valence electrons. The van der Waals surface area contributed by atoms with Crippen molar-refractivity contribution in [3.8, 4) is 0 Å². The molecular formula is C17H26N2O3S. The molecule has 0 bridgehead atoms. The molecule has 1 aromatic rings. The molecule has 0 saturated carbocycles. The molecule has 5 nitrogen and oxygen atoms in total. The first kappa shape index (κ1) is 19.2. The van der Waals surface area contributed by atoms with Crippen molar-refractivity contribution in [2.24, 2.45) is 0 Å². The summed E-state index contributed by atoms with van der Waals surface area (Å²) in [7, 11) is -3.17. The summed E-state index contributed by atoms with van der Waals surface area (Å²) in [6.45, 7) is 8.99. The van der Waals surface area contributed by atoms with Crippen LogP contribution in [-0.2, 0) is 15.6 Å². The predicted molar refractivity (Wildman–Crippen MR) is 95.2 cm³/mol. The average molecular weight is 338 g/mol. The van der Waals surface area contributed by atoms with E-state index in [9.17, 15) is 13.2 Å². The van der Waals surface area contributed by atoms with E-state index in [1.54, 1.807) is 44.2 Å². The maximum atomic E-state index is 12.0. The van der Waals surface area contributed by atoms with Gasteiger partial charge in [0.1, 0.15) is 0 Å². The Balaban J connectivity index is 2.74. The van der Waals surface area contributed by atoms with Crippen LogP contribution in [0, 0.1) is 0 Å². The van der Waals surface area contributed by atoms with Gasteiger partial charge < -0.3 is 10.6 Å². The number of sulfone groups is 1. The molecule has 2 amide bonds. The molecule has 1 aromatic carbocycles. The van der Waals surface area contributed by atoms with Crippen molar-refractivity contribution in [3.05, 3.63) is 42.5 Å². The van der Waals surface area contributed by atoms with Gasteiger partial charge in [0.25, 0.3) is 0 Å². The third kappa shape index (κ3) is 6.44. The number of rotatable bonds is 8. The lowest BCUT2D eigenvalue weighted by molar-refractivity contribution is 0.248. The highest BCUT2D eigenvalue weighted by atomic mass is 32.2. The van der Waals surface area contributed by atoms with Crippen LogP contribution in [0.2, 0.25) is 0 Å². The van der Waals surface area contributed by atoms with E-state index in [4.69, 9.17) is 0 Å². The van der Waals surface area contributed by atoms with Crippen LogP contribution in [-0.4, -0.2) is 25.7 Å². The molecule has 1 atom stereocenters. The number of benzene rings is 1. The lowest BCUT2D eigenvalue weighted by atomic mass is 10.1. The molecular weight excluding hydrogens is 312 g/mol. The van der Waals surface area contributed by atoms with E-state index in [1.807, 2.05) is 6.92 Å². The highest BCUT2D eigenvalue weighted by Crippen LogP contribution is 2.16. The van der Waals surface area contributed by atoms with Crippen molar-refractivity contribution in [3.63, 3.8) is 0 Å². The molecule has 2 N–H and O–H groups in total. The maximum absolute atomic E-state index is 12.0. The van der Waals surface area contributed by atoms with Gasteiger partial charge in [0.2, 0.25) is 0 Å². The number of hydrogen-bond acceptors (Lipinski definition) is 3. The molecule has 0 aromatic heterocycles. The molecule has 0 spiro atoms. The SMILES string of the molecule is C=CCC(CC)NC(=O)Nc1cccc(CS(=O)(=O)C(C)C)c1. The number of hydrogen-bond donors (Lipinski definition) is 2. The van der Waals surface area contributed by atoms with Crippen molar-refractivity contribution >= 4 is 21.6 Å². The van der Waals surface area contributed by atoms with Crippen LogP contribution in [0.4, 0.5) is 10.5 Å². The fraction of sp³-hybridized carbons (Fsp3) is 0.471. The van der Waals surface area contributed by atoms with Gasteiger partial charge in [-0.05, 0) is 44.4 Å². The third-order valence-corrected chi connectivity index (χ3v) is 5.72. The standard InChI is InChI=1S/C17H26N2O3S/c1-5-8-15(6-2)18-17(20)19-16-10-7-9-14(11-16)12-23(21,22)13(3)4/h5,7,9-11,13,15H,1,6,8,12H2,2-4H3,(H2,18,19,20). The van der Waals surface area contributed by atoms with Gasteiger partial charge in [-0.3, -0.25) is 0 Å². The number of anilines is 1. The van der Waals surface area contributed by atoms with Crippen LogP contribution in [0.5, 0.6) is 0 Å². The fourth-order valence-corrected chi connectivity index (χ4v) is 3.00. The summed E-state index contributed by atoms with van der Waals surface area (Å²) < 4.78 is 24.0. The van der Waals surface area contributed by atoms with Crippen molar-refractivity contribution in [2.75, 3.05) is 5.32 Å². The first-order chi connectivity index (χ1) is 10.8. The zero-order valence-electron chi connectivity index (χ0n) is 14.0. The van der Waals surface area contributed by atoms with Gasteiger partial charge in [-0.25, -0.2) is 13.2 Å². The number of carbonyl (C=O) groups excluding carboxylic acids is 1. The smallest absolute Gasteiger partial charge is 0.319 e. The van der Waals surface area contributed by atoms with Crippen molar-refractivity contribution in [1.82, 2.24) is 5.32 Å². The lowest BCUT2D eigenvalue weighted by Crippen LogP contribution is -2.37. The Morgan fingerprint density at radius 2 is 2.04 bits per heavy atom. The molecule has 23 heavy (non-hydrogen) atoms. The van der Waals surface area contributed by atoms with E-state index < -0.39 is 15.1 Å². The molecule has 0 heterocycles. The van der Waals surface area contributed by atoms with Gasteiger partial charge in [-0.1, -0.05) is 25.1 Å². The molecule has 0 fully saturated rings. The predicted octanol–water partition coefficient (Wildman–Crippen LogP) is 3.49. The molecule has 1 unspecified atom stereocenters. The van der Waals surface area contributed by atoms with Crippen molar-refractivity contribution in [1.29, 1.82) is 0 Å². The van der Waals surface area contributed by atoms with Gasteiger partial charge in [0, 0.05) is 11.7 Å². The molecule has 0 aliphatic rings. The van der Waals surface area contributed by atoms with Crippen LogP contribution in [0.1, 0.15) is 39.2 Å². The normalized spacial score (nSPS) is 12.7. The van der Waals surface area contributed by atoms with Gasteiger partial charge in [0.05, 0.1) is 11.0 Å². The van der Waals surface area contributed by atoms with E-state index in [2.05, 4.69) is 17.2 Å². The number of nitrogens with one attached hydrogen (secondary N) is 2. The largest absolute Gasteiger partial charge is 0.335 e.